The fraction of sp³-hybridized carbons (Fsp3) is 0.750. The molecule has 1 heterocycles. The van der Waals surface area contributed by atoms with Crippen LogP contribution in [0.2, 0.25) is 0 Å². The number of aromatic amines is 1. The van der Waals surface area contributed by atoms with E-state index in [0.717, 1.165) is 13.0 Å². The van der Waals surface area contributed by atoms with Crippen molar-refractivity contribution in [3.8, 4) is 0 Å². The van der Waals surface area contributed by atoms with E-state index in [1.807, 2.05) is 4.57 Å². The van der Waals surface area contributed by atoms with E-state index in [-0.39, 0.29) is 0 Å². The summed E-state index contributed by atoms with van der Waals surface area (Å²) in [4.78, 5) is 0. The predicted octanol–water partition coefficient (Wildman–Crippen LogP) is 1.58. The van der Waals surface area contributed by atoms with E-state index in [0.29, 0.717) is 10.6 Å². The molecule has 74 valence electrons. The Morgan fingerprint density at radius 3 is 2.69 bits per heavy atom. The Kier molecular flexibility index (Phi) is 2.87. The molecule has 0 fully saturated rings. The van der Waals surface area contributed by atoms with Gasteiger partial charge in [0.05, 0.1) is 0 Å². The molecule has 0 bridgehead atoms. The molecule has 0 aromatic carbocycles. The standard InChI is InChI=1S/C8H15N3OS/c1-4-5-11-6(8(2,3)12)9-10-7(11)13/h12H,4-5H2,1-3H3,(H,10,13). The smallest absolute Gasteiger partial charge is 0.195 e. The molecule has 0 spiro atoms. The van der Waals surface area contributed by atoms with Crippen LogP contribution in [-0.4, -0.2) is 19.9 Å². The Hall–Kier alpha value is -0.680. The van der Waals surface area contributed by atoms with Gasteiger partial charge < -0.3 is 9.67 Å². The van der Waals surface area contributed by atoms with Gasteiger partial charge in [0.15, 0.2) is 10.6 Å². The Bertz CT molecular complexity index is 334. The van der Waals surface area contributed by atoms with Crippen molar-refractivity contribution in [2.45, 2.75) is 39.3 Å². The van der Waals surface area contributed by atoms with Crippen LogP contribution in [-0.2, 0) is 12.1 Å². The lowest BCUT2D eigenvalue weighted by Crippen LogP contribution is -2.22. The van der Waals surface area contributed by atoms with Crippen molar-refractivity contribution in [1.29, 1.82) is 0 Å². The van der Waals surface area contributed by atoms with Gasteiger partial charge in [-0.15, -0.1) is 0 Å². The van der Waals surface area contributed by atoms with E-state index >= 15 is 0 Å². The molecule has 0 amide bonds. The van der Waals surface area contributed by atoms with Crippen LogP contribution in [0.25, 0.3) is 0 Å². The number of rotatable bonds is 3. The summed E-state index contributed by atoms with van der Waals surface area (Å²) < 4.78 is 2.40. The molecule has 0 unspecified atom stereocenters. The number of nitrogens with zero attached hydrogens (tertiary/aromatic N) is 2. The quantitative estimate of drug-likeness (QED) is 0.730. The van der Waals surface area contributed by atoms with Gasteiger partial charge in [-0.1, -0.05) is 6.92 Å². The van der Waals surface area contributed by atoms with E-state index in [1.54, 1.807) is 13.8 Å². The maximum absolute atomic E-state index is 9.76. The first-order chi connectivity index (χ1) is 5.96. The van der Waals surface area contributed by atoms with Crippen LogP contribution in [0.5, 0.6) is 0 Å². The minimum Gasteiger partial charge on any atom is -0.382 e. The van der Waals surface area contributed by atoms with E-state index in [1.165, 1.54) is 0 Å². The summed E-state index contributed by atoms with van der Waals surface area (Å²) in [6.45, 7) is 6.24. The van der Waals surface area contributed by atoms with Gasteiger partial charge >= 0.3 is 0 Å². The summed E-state index contributed by atoms with van der Waals surface area (Å²) >= 11 is 5.04. The van der Waals surface area contributed by atoms with Crippen LogP contribution < -0.4 is 0 Å². The van der Waals surface area contributed by atoms with E-state index < -0.39 is 5.60 Å². The molecular weight excluding hydrogens is 186 g/mol. The topological polar surface area (TPSA) is 53.8 Å². The van der Waals surface area contributed by atoms with Crippen LogP contribution in [0.3, 0.4) is 0 Å². The third-order valence-corrected chi connectivity index (χ3v) is 2.06. The predicted molar refractivity (Wildman–Crippen MR) is 52.9 cm³/mol. The summed E-state index contributed by atoms with van der Waals surface area (Å²) in [5.41, 5.74) is -0.942. The molecule has 2 N–H and O–H groups in total. The first kappa shape index (κ1) is 10.4. The largest absolute Gasteiger partial charge is 0.382 e. The molecule has 0 aliphatic rings. The SMILES string of the molecule is CCCn1c(C(C)(C)O)n[nH]c1=S. The fourth-order valence-corrected chi connectivity index (χ4v) is 1.44. The van der Waals surface area contributed by atoms with Gasteiger partial charge in [0, 0.05) is 6.54 Å². The molecule has 1 rings (SSSR count). The Morgan fingerprint density at radius 2 is 2.23 bits per heavy atom. The lowest BCUT2D eigenvalue weighted by Gasteiger charge is -2.16. The molecule has 0 radical (unpaired) electrons. The Morgan fingerprint density at radius 1 is 1.62 bits per heavy atom. The summed E-state index contributed by atoms with van der Waals surface area (Å²) in [7, 11) is 0. The number of aliphatic hydroxyl groups is 1. The first-order valence-electron chi connectivity index (χ1n) is 4.35. The van der Waals surface area contributed by atoms with Crippen LogP contribution >= 0.6 is 12.2 Å². The van der Waals surface area contributed by atoms with Gasteiger partial charge in [-0.25, -0.2) is 0 Å². The molecular formula is C8H15N3OS. The van der Waals surface area contributed by atoms with Crippen molar-refractivity contribution in [3.63, 3.8) is 0 Å². The maximum Gasteiger partial charge on any atom is 0.195 e. The first-order valence-corrected chi connectivity index (χ1v) is 4.75. The maximum atomic E-state index is 9.76. The number of H-pyrrole nitrogens is 1. The van der Waals surface area contributed by atoms with Gasteiger partial charge in [-0.3, -0.25) is 5.10 Å². The second-order valence-corrected chi connectivity index (χ2v) is 3.95. The Balaban J connectivity index is 3.15. The second kappa shape index (κ2) is 3.59. The van der Waals surface area contributed by atoms with Crippen molar-refractivity contribution in [1.82, 2.24) is 14.8 Å². The molecule has 0 aliphatic heterocycles. The van der Waals surface area contributed by atoms with E-state index in [2.05, 4.69) is 17.1 Å². The zero-order valence-corrected chi connectivity index (χ0v) is 8.98. The highest BCUT2D eigenvalue weighted by molar-refractivity contribution is 7.71. The molecule has 5 heteroatoms. The third kappa shape index (κ3) is 2.16. The van der Waals surface area contributed by atoms with Gasteiger partial charge in [-0.2, -0.15) is 5.10 Å². The zero-order valence-electron chi connectivity index (χ0n) is 8.16. The highest BCUT2D eigenvalue weighted by Crippen LogP contribution is 2.17. The number of aromatic nitrogens is 3. The van der Waals surface area contributed by atoms with Crippen molar-refractivity contribution in [2.75, 3.05) is 0 Å². The molecule has 0 saturated carbocycles. The van der Waals surface area contributed by atoms with Gasteiger partial charge in [0.1, 0.15) is 5.60 Å². The summed E-state index contributed by atoms with van der Waals surface area (Å²) in [6.07, 6.45) is 0.969. The number of hydrogen-bond donors (Lipinski definition) is 2. The fourth-order valence-electron chi connectivity index (χ4n) is 1.22. The molecule has 4 nitrogen and oxygen atoms in total. The second-order valence-electron chi connectivity index (χ2n) is 3.56. The summed E-state index contributed by atoms with van der Waals surface area (Å²) in [5, 5.41) is 16.4. The van der Waals surface area contributed by atoms with Crippen molar-refractivity contribution < 1.29 is 5.11 Å². The van der Waals surface area contributed by atoms with Crippen LogP contribution in [0, 0.1) is 4.77 Å². The molecule has 1 aromatic rings. The third-order valence-electron chi connectivity index (χ3n) is 1.75. The van der Waals surface area contributed by atoms with Gasteiger partial charge in [0.25, 0.3) is 0 Å². The number of hydrogen-bond acceptors (Lipinski definition) is 3. The number of nitrogens with one attached hydrogen (secondary N) is 1. The summed E-state index contributed by atoms with van der Waals surface area (Å²) in [5.74, 6) is 0.597. The molecule has 1 aromatic heterocycles. The Labute approximate surface area is 82.6 Å². The highest BCUT2D eigenvalue weighted by atomic mass is 32.1. The van der Waals surface area contributed by atoms with E-state index in [4.69, 9.17) is 12.2 Å². The van der Waals surface area contributed by atoms with Gasteiger partial charge in [-0.05, 0) is 32.5 Å². The van der Waals surface area contributed by atoms with Crippen molar-refractivity contribution in [3.05, 3.63) is 10.6 Å². The minimum absolute atomic E-state index is 0.568. The summed E-state index contributed by atoms with van der Waals surface area (Å²) in [6, 6.07) is 0. The average Bonchev–Trinajstić information content (AvgIpc) is 2.32. The van der Waals surface area contributed by atoms with Crippen LogP contribution in [0.1, 0.15) is 33.0 Å². The van der Waals surface area contributed by atoms with E-state index in [9.17, 15) is 5.11 Å². The van der Waals surface area contributed by atoms with Gasteiger partial charge in [0.2, 0.25) is 0 Å². The van der Waals surface area contributed by atoms with Crippen molar-refractivity contribution in [2.24, 2.45) is 0 Å². The molecule has 0 atom stereocenters. The highest BCUT2D eigenvalue weighted by Gasteiger charge is 2.22. The van der Waals surface area contributed by atoms with Crippen molar-refractivity contribution >= 4 is 12.2 Å². The lowest BCUT2D eigenvalue weighted by molar-refractivity contribution is 0.0641. The molecule has 0 aliphatic carbocycles. The monoisotopic (exact) mass is 201 g/mol. The molecule has 0 saturated heterocycles. The van der Waals surface area contributed by atoms with Crippen LogP contribution in [0.15, 0.2) is 0 Å². The average molecular weight is 201 g/mol. The molecule has 13 heavy (non-hydrogen) atoms. The minimum atomic E-state index is -0.942. The van der Waals surface area contributed by atoms with Crippen LogP contribution in [0.4, 0.5) is 0 Å². The lowest BCUT2D eigenvalue weighted by atomic mass is 10.1. The zero-order chi connectivity index (χ0) is 10.1. The normalized spacial score (nSPS) is 12.0.